The molecule has 1 heterocycles. The molecule has 2 aromatic rings. The van der Waals surface area contributed by atoms with E-state index in [0.717, 1.165) is 26.1 Å². The third-order valence-electron chi connectivity index (χ3n) is 3.20. The molecule has 0 amide bonds. The second-order valence-electron chi connectivity index (χ2n) is 4.89. The Hall–Kier alpha value is -1.54. The molecule has 0 saturated heterocycles. The van der Waals surface area contributed by atoms with Crippen molar-refractivity contribution >= 4 is 10.9 Å². The first-order chi connectivity index (χ1) is 8.70. The van der Waals surface area contributed by atoms with Gasteiger partial charge in [0.05, 0.1) is 0 Å². The highest BCUT2D eigenvalue weighted by Crippen LogP contribution is 2.18. The number of hydrogen-bond acceptors (Lipinski definition) is 1. The number of nitrogens with one attached hydrogen (secondary N) is 1. The summed E-state index contributed by atoms with van der Waals surface area (Å²) in [7, 11) is 0. The number of aryl methyl sites for hydroxylation is 1. The van der Waals surface area contributed by atoms with Crippen molar-refractivity contribution < 1.29 is 0 Å². The molecule has 96 valence electrons. The monoisotopic (exact) mass is 242 g/mol. The summed E-state index contributed by atoms with van der Waals surface area (Å²) in [5.41, 5.74) is 3.91. The number of benzene rings is 1. The minimum absolute atomic E-state index is 0.943. The molecule has 18 heavy (non-hydrogen) atoms. The summed E-state index contributed by atoms with van der Waals surface area (Å²) in [4.78, 5) is 0. The quantitative estimate of drug-likeness (QED) is 0.764. The standard InChI is InChI=1S/C16H22N2/c1-4-17-12-14-5-6-15-8-10-18(16(15)11-14)9-7-13(2)3/h5-6,8,10-11,17H,2,4,7,9,12H2,1,3H3. The van der Waals surface area contributed by atoms with E-state index in [1.165, 1.54) is 22.0 Å². The van der Waals surface area contributed by atoms with Gasteiger partial charge in [-0.1, -0.05) is 24.6 Å². The van der Waals surface area contributed by atoms with E-state index in [1.54, 1.807) is 0 Å². The van der Waals surface area contributed by atoms with E-state index < -0.39 is 0 Å². The van der Waals surface area contributed by atoms with Crippen molar-refractivity contribution in [3.63, 3.8) is 0 Å². The fraction of sp³-hybridized carbons (Fsp3) is 0.375. The van der Waals surface area contributed by atoms with Crippen molar-refractivity contribution in [2.24, 2.45) is 0 Å². The maximum atomic E-state index is 3.97. The highest BCUT2D eigenvalue weighted by atomic mass is 14.9. The van der Waals surface area contributed by atoms with E-state index in [9.17, 15) is 0 Å². The number of fused-ring (bicyclic) bond motifs is 1. The van der Waals surface area contributed by atoms with Crippen LogP contribution in [0.2, 0.25) is 0 Å². The number of rotatable bonds is 6. The SMILES string of the molecule is C=C(C)CCn1ccc2ccc(CNCC)cc21. The fourth-order valence-corrected chi connectivity index (χ4v) is 2.12. The van der Waals surface area contributed by atoms with Gasteiger partial charge in [-0.2, -0.15) is 0 Å². The topological polar surface area (TPSA) is 17.0 Å². The van der Waals surface area contributed by atoms with Gasteiger partial charge in [0, 0.05) is 24.8 Å². The smallest absolute Gasteiger partial charge is 0.0483 e. The highest BCUT2D eigenvalue weighted by molar-refractivity contribution is 5.80. The Morgan fingerprint density at radius 2 is 2.17 bits per heavy atom. The van der Waals surface area contributed by atoms with E-state index in [2.05, 4.69) is 60.8 Å². The summed E-state index contributed by atoms with van der Waals surface area (Å²) in [5, 5.41) is 4.68. The number of allylic oxidation sites excluding steroid dienone is 1. The third kappa shape index (κ3) is 3.02. The molecule has 0 bridgehead atoms. The summed E-state index contributed by atoms with van der Waals surface area (Å²) < 4.78 is 2.32. The Labute approximate surface area is 109 Å². The van der Waals surface area contributed by atoms with Crippen molar-refractivity contribution in [3.05, 3.63) is 48.2 Å². The molecule has 0 aliphatic rings. The summed E-state index contributed by atoms with van der Waals surface area (Å²) in [6, 6.07) is 8.88. The van der Waals surface area contributed by atoms with Crippen LogP contribution in [-0.2, 0) is 13.1 Å². The van der Waals surface area contributed by atoms with Crippen molar-refractivity contribution in [1.82, 2.24) is 9.88 Å². The maximum absolute atomic E-state index is 3.97. The Kier molecular flexibility index (Phi) is 4.21. The summed E-state index contributed by atoms with van der Waals surface area (Å²) in [6.45, 7) is 11.2. The van der Waals surface area contributed by atoms with Gasteiger partial charge in [-0.05, 0) is 43.0 Å². The molecule has 0 fully saturated rings. The van der Waals surface area contributed by atoms with Gasteiger partial charge in [-0.3, -0.25) is 0 Å². The number of aromatic nitrogens is 1. The zero-order valence-corrected chi connectivity index (χ0v) is 11.4. The van der Waals surface area contributed by atoms with Gasteiger partial charge in [0.25, 0.3) is 0 Å². The lowest BCUT2D eigenvalue weighted by atomic mass is 10.1. The van der Waals surface area contributed by atoms with E-state index in [1.807, 2.05) is 0 Å². The van der Waals surface area contributed by atoms with Crippen LogP contribution in [0.1, 0.15) is 25.8 Å². The number of hydrogen-bond donors (Lipinski definition) is 1. The van der Waals surface area contributed by atoms with Crippen LogP contribution in [0, 0.1) is 0 Å². The molecule has 0 unspecified atom stereocenters. The Morgan fingerprint density at radius 3 is 2.89 bits per heavy atom. The first kappa shape index (κ1) is 12.9. The lowest BCUT2D eigenvalue weighted by Crippen LogP contribution is -2.11. The van der Waals surface area contributed by atoms with Gasteiger partial charge in [0.2, 0.25) is 0 Å². The van der Waals surface area contributed by atoms with Gasteiger partial charge in [0.15, 0.2) is 0 Å². The first-order valence-electron chi connectivity index (χ1n) is 6.63. The van der Waals surface area contributed by atoms with Crippen LogP contribution in [0.4, 0.5) is 0 Å². The normalized spacial score (nSPS) is 11.0. The summed E-state index contributed by atoms with van der Waals surface area (Å²) >= 11 is 0. The molecule has 0 atom stereocenters. The molecule has 0 aliphatic carbocycles. The molecular formula is C16H22N2. The van der Waals surface area contributed by atoms with Gasteiger partial charge in [-0.15, -0.1) is 6.58 Å². The van der Waals surface area contributed by atoms with Crippen molar-refractivity contribution in [1.29, 1.82) is 0 Å². The van der Waals surface area contributed by atoms with Crippen LogP contribution in [0.25, 0.3) is 10.9 Å². The molecule has 1 N–H and O–H groups in total. The van der Waals surface area contributed by atoms with E-state index in [-0.39, 0.29) is 0 Å². The Balaban J connectivity index is 2.22. The minimum atomic E-state index is 0.943. The van der Waals surface area contributed by atoms with Crippen LogP contribution in [0.3, 0.4) is 0 Å². The average Bonchev–Trinajstić information content (AvgIpc) is 2.76. The fourth-order valence-electron chi connectivity index (χ4n) is 2.12. The van der Waals surface area contributed by atoms with Gasteiger partial charge in [-0.25, -0.2) is 0 Å². The molecule has 2 rings (SSSR count). The van der Waals surface area contributed by atoms with Crippen molar-refractivity contribution in [2.75, 3.05) is 6.54 Å². The maximum Gasteiger partial charge on any atom is 0.0483 e. The lowest BCUT2D eigenvalue weighted by Gasteiger charge is -2.07. The summed E-state index contributed by atoms with van der Waals surface area (Å²) in [5.74, 6) is 0. The van der Waals surface area contributed by atoms with Crippen molar-refractivity contribution in [3.8, 4) is 0 Å². The Morgan fingerprint density at radius 1 is 1.33 bits per heavy atom. The molecule has 1 aromatic carbocycles. The minimum Gasteiger partial charge on any atom is -0.347 e. The van der Waals surface area contributed by atoms with Gasteiger partial charge >= 0.3 is 0 Å². The van der Waals surface area contributed by atoms with Crippen LogP contribution in [0.15, 0.2) is 42.6 Å². The van der Waals surface area contributed by atoms with E-state index in [0.29, 0.717) is 0 Å². The third-order valence-corrected chi connectivity index (χ3v) is 3.20. The van der Waals surface area contributed by atoms with Crippen LogP contribution < -0.4 is 5.32 Å². The molecule has 0 spiro atoms. The Bertz CT molecular complexity index is 537. The molecule has 0 saturated carbocycles. The van der Waals surface area contributed by atoms with Crippen molar-refractivity contribution in [2.45, 2.75) is 33.4 Å². The zero-order chi connectivity index (χ0) is 13.0. The molecule has 2 heteroatoms. The number of nitrogens with zero attached hydrogens (tertiary/aromatic N) is 1. The zero-order valence-electron chi connectivity index (χ0n) is 11.4. The molecule has 0 aliphatic heterocycles. The predicted octanol–water partition coefficient (Wildman–Crippen LogP) is 3.72. The molecular weight excluding hydrogens is 220 g/mol. The largest absolute Gasteiger partial charge is 0.347 e. The van der Waals surface area contributed by atoms with Gasteiger partial charge in [0.1, 0.15) is 0 Å². The lowest BCUT2D eigenvalue weighted by molar-refractivity contribution is 0.713. The first-order valence-corrected chi connectivity index (χ1v) is 6.63. The van der Waals surface area contributed by atoms with Gasteiger partial charge < -0.3 is 9.88 Å². The van der Waals surface area contributed by atoms with Crippen LogP contribution in [0.5, 0.6) is 0 Å². The molecule has 2 nitrogen and oxygen atoms in total. The van der Waals surface area contributed by atoms with E-state index >= 15 is 0 Å². The predicted molar refractivity (Wildman–Crippen MR) is 78.7 cm³/mol. The second kappa shape index (κ2) is 5.87. The average molecular weight is 242 g/mol. The summed E-state index contributed by atoms with van der Waals surface area (Å²) in [6.07, 6.45) is 3.21. The second-order valence-corrected chi connectivity index (χ2v) is 4.89. The molecule has 0 radical (unpaired) electrons. The molecule has 1 aromatic heterocycles. The van der Waals surface area contributed by atoms with Crippen LogP contribution in [-0.4, -0.2) is 11.1 Å². The van der Waals surface area contributed by atoms with Crippen LogP contribution >= 0.6 is 0 Å². The van der Waals surface area contributed by atoms with E-state index in [4.69, 9.17) is 0 Å². The highest BCUT2D eigenvalue weighted by Gasteiger charge is 2.02.